The lowest BCUT2D eigenvalue weighted by molar-refractivity contribution is -0.121. The summed E-state index contributed by atoms with van der Waals surface area (Å²) in [6.45, 7) is 0.709. The van der Waals surface area contributed by atoms with Gasteiger partial charge in [0.15, 0.2) is 5.82 Å². The predicted octanol–water partition coefficient (Wildman–Crippen LogP) is 2.92. The van der Waals surface area contributed by atoms with Gasteiger partial charge in [0.1, 0.15) is 0 Å². The fraction of sp³-hybridized carbons (Fsp3) is 0.190. The van der Waals surface area contributed by atoms with E-state index in [0.29, 0.717) is 12.4 Å². The van der Waals surface area contributed by atoms with Crippen molar-refractivity contribution in [3.8, 4) is 11.1 Å². The van der Waals surface area contributed by atoms with Gasteiger partial charge in [-0.15, -0.1) is 0 Å². The highest BCUT2D eigenvalue weighted by Gasteiger charge is 2.12. The summed E-state index contributed by atoms with van der Waals surface area (Å²) in [5, 5.41) is 12.6. The van der Waals surface area contributed by atoms with Gasteiger partial charge in [0.05, 0.1) is 0 Å². The minimum atomic E-state index is -0.397. The molecule has 28 heavy (non-hydrogen) atoms. The summed E-state index contributed by atoms with van der Waals surface area (Å²) in [5.41, 5.74) is 2.83. The number of rotatable bonds is 7. The second-order valence-electron chi connectivity index (χ2n) is 6.32. The monoisotopic (exact) mass is 377 g/mol. The van der Waals surface area contributed by atoms with E-state index < -0.39 is 6.03 Å². The van der Waals surface area contributed by atoms with Gasteiger partial charge in [-0.3, -0.25) is 14.8 Å². The molecule has 2 aromatic carbocycles. The zero-order valence-electron chi connectivity index (χ0n) is 15.7. The highest BCUT2D eigenvalue weighted by Crippen LogP contribution is 2.26. The number of nitrogens with one attached hydrogen (secondary N) is 3. The van der Waals surface area contributed by atoms with Crippen LogP contribution in [-0.2, 0) is 18.4 Å². The first-order valence-electron chi connectivity index (χ1n) is 9.06. The van der Waals surface area contributed by atoms with Crippen LogP contribution in [0.1, 0.15) is 12.0 Å². The molecule has 3 aromatic rings. The summed E-state index contributed by atoms with van der Waals surface area (Å²) >= 11 is 0. The number of aromatic nitrogens is 2. The fourth-order valence-electron chi connectivity index (χ4n) is 2.74. The number of hydrogen-bond donors (Lipinski definition) is 3. The summed E-state index contributed by atoms with van der Waals surface area (Å²) < 4.78 is 1.65. The van der Waals surface area contributed by atoms with Gasteiger partial charge in [0.2, 0.25) is 5.91 Å². The number of hydrogen-bond acceptors (Lipinski definition) is 3. The largest absolute Gasteiger partial charge is 0.352 e. The van der Waals surface area contributed by atoms with E-state index in [-0.39, 0.29) is 18.9 Å². The summed E-state index contributed by atoms with van der Waals surface area (Å²) in [5.74, 6) is 0.353. The van der Waals surface area contributed by atoms with Crippen LogP contribution in [0.5, 0.6) is 0 Å². The van der Waals surface area contributed by atoms with Crippen molar-refractivity contribution in [3.63, 3.8) is 0 Å². The van der Waals surface area contributed by atoms with Crippen molar-refractivity contribution in [1.29, 1.82) is 0 Å². The van der Waals surface area contributed by atoms with Crippen LogP contribution in [0.15, 0.2) is 66.9 Å². The van der Waals surface area contributed by atoms with E-state index in [9.17, 15) is 9.59 Å². The highest BCUT2D eigenvalue weighted by molar-refractivity contribution is 5.93. The molecule has 3 rings (SSSR count). The minimum Gasteiger partial charge on any atom is -0.352 e. The van der Waals surface area contributed by atoms with Crippen molar-refractivity contribution in [3.05, 3.63) is 72.4 Å². The maximum Gasteiger partial charge on any atom is 0.320 e. The maximum absolute atomic E-state index is 12.2. The Hall–Kier alpha value is -3.61. The minimum absolute atomic E-state index is 0.119. The highest BCUT2D eigenvalue weighted by atomic mass is 16.2. The average molecular weight is 377 g/mol. The Labute approximate surface area is 163 Å². The van der Waals surface area contributed by atoms with Gasteiger partial charge in [-0.2, -0.15) is 5.10 Å². The molecule has 7 heteroatoms. The molecule has 0 saturated carbocycles. The molecule has 0 bridgehead atoms. The Morgan fingerprint density at radius 3 is 2.36 bits per heavy atom. The zero-order chi connectivity index (χ0) is 19.8. The summed E-state index contributed by atoms with van der Waals surface area (Å²) in [6, 6.07) is 19.0. The molecule has 7 nitrogen and oxygen atoms in total. The van der Waals surface area contributed by atoms with Crippen LogP contribution in [0.4, 0.5) is 10.6 Å². The van der Waals surface area contributed by atoms with E-state index in [2.05, 4.69) is 21.0 Å². The molecule has 0 atom stereocenters. The number of anilines is 1. The van der Waals surface area contributed by atoms with Crippen LogP contribution in [0.2, 0.25) is 0 Å². The molecular formula is C21H23N5O2. The third-order valence-corrected chi connectivity index (χ3v) is 4.12. The number of carbonyl (C=O) groups is 2. The Morgan fingerprint density at radius 1 is 0.964 bits per heavy atom. The molecular weight excluding hydrogens is 354 g/mol. The van der Waals surface area contributed by atoms with Crippen LogP contribution >= 0.6 is 0 Å². The quantitative estimate of drug-likeness (QED) is 0.592. The standard InChI is InChI=1S/C21H23N5O2/c1-26-15-18(17-10-6-3-7-11-17)20(25-26)24-21(28)22-13-12-19(27)23-14-16-8-4-2-5-9-16/h2-11,15H,12-14H2,1H3,(H,23,27)(H2,22,24,25,28). The van der Waals surface area contributed by atoms with Crippen molar-refractivity contribution in [2.24, 2.45) is 7.05 Å². The lowest BCUT2D eigenvalue weighted by atomic mass is 10.1. The van der Waals surface area contributed by atoms with Gasteiger partial charge in [0.25, 0.3) is 0 Å². The molecule has 0 fully saturated rings. The maximum atomic E-state index is 12.2. The Balaban J connectivity index is 1.45. The predicted molar refractivity (Wildman–Crippen MR) is 109 cm³/mol. The number of nitrogens with zero attached hydrogens (tertiary/aromatic N) is 2. The van der Waals surface area contributed by atoms with Crippen molar-refractivity contribution in [1.82, 2.24) is 20.4 Å². The van der Waals surface area contributed by atoms with Gasteiger partial charge >= 0.3 is 6.03 Å². The van der Waals surface area contributed by atoms with E-state index in [4.69, 9.17) is 0 Å². The first kappa shape index (κ1) is 19.2. The van der Waals surface area contributed by atoms with E-state index in [1.165, 1.54) is 0 Å². The van der Waals surface area contributed by atoms with E-state index in [1.54, 1.807) is 11.7 Å². The first-order valence-corrected chi connectivity index (χ1v) is 9.06. The molecule has 0 radical (unpaired) electrons. The molecule has 0 aliphatic carbocycles. The normalized spacial score (nSPS) is 10.3. The van der Waals surface area contributed by atoms with E-state index >= 15 is 0 Å². The SMILES string of the molecule is Cn1cc(-c2ccccc2)c(NC(=O)NCCC(=O)NCc2ccccc2)n1. The molecule has 3 N–H and O–H groups in total. The number of aryl methyl sites for hydroxylation is 1. The summed E-state index contributed by atoms with van der Waals surface area (Å²) in [4.78, 5) is 24.1. The van der Waals surface area contributed by atoms with Crippen LogP contribution < -0.4 is 16.0 Å². The fourth-order valence-corrected chi connectivity index (χ4v) is 2.74. The smallest absolute Gasteiger partial charge is 0.320 e. The third-order valence-electron chi connectivity index (χ3n) is 4.12. The van der Waals surface area contributed by atoms with Gasteiger partial charge < -0.3 is 10.6 Å². The van der Waals surface area contributed by atoms with Crippen molar-refractivity contribution in [2.45, 2.75) is 13.0 Å². The lowest BCUT2D eigenvalue weighted by Gasteiger charge is -2.08. The molecule has 0 spiro atoms. The topological polar surface area (TPSA) is 88.0 Å². The molecule has 0 saturated heterocycles. The van der Waals surface area contributed by atoms with Gasteiger partial charge in [0, 0.05) is 38.3 Å². The Morgan fingerprint density at radius 2 is 1.64 bits per heavy atom. The van der Waals surface area contributed by atoms with E-state index in [0.717, 1.165) is 16.7 Å². The van der Waals surface area contributed by atoms with Crippen LogP contribution in [-0.4, -0.2) is 28.3 Å². The van der Waals surface area contributed by atoms with Crippen molar-refractivity contribution >= 4 is 17.8 Å². The van der Waals surface area contributed by atoms with Gasteiger partial charge in [-0.25, -0.2) is 4.79 Å². The number of benzene rings is 2. The summed E-state index contributed by atoms with van der Waals surface area (Å²) in [7, 11) is 1.80. The lowest BCUT2D eigenvalue weighted by Crippen LogP contribution is -2.33. The number of amides is 3. The molecule has 3 amide bonds. The van der Waals surface area contributed by atoms with E-state index in [1.807, 2.05) is 66.9 Å². The Bertz CT molecular complexity index is 922. The summed E-state index contributed by atoms with van der Waals surface area (Å²) in [6.07, 6.45) is 2.05. The number of carbonyl (C=O) groups excluding carboxylic acids is 2. The van der Waals surface area contributed by atoms with Crippen molar-refractivity contribution < 1.29 is 9.59 Å². The third kappa shape index (κ3) is 5.44. The Kier molecular flexibility index (Phi) is 6.41. The molecule has 0 aliphatic heterocycles. The molecule has 1 heterocycles. The zero-order valence-corrected chi connectivity index (χ0v) is 15.7. The van der Waals surface area contributed by atoms with Crippen molar-refractivity contribution in [2.75, 3.05) is 11.9 Å². The molecule has 144 valence electrons. The van der Waals surface area contributed by atoms with Crippen LogP contribution in [0, 0.1) is 0 Å². The second kappa shape index (κ2) is 9.36. The van der Waals surface area contributed by atoms with Crippen LogP contribution in [0.25, 0.3) is 11.1 Å². The first-order chi connectivity index (χ1) is 13.6. The number of urea groups is 1. The second-order valence-corrected chi connectivity index (χ2v) is 6.32. The molecule has 1 aromatic heterocycles. The average Bonchev–Trinajstić information content (AvgIpc) is 3.08. The van der Waals surface area contributed by atoms with Gasteiger partial charge in [-0.1, -0.05) is 60.7 Å². The molecule has 0 unspecified atom stereocenters. The van der Waals surface area contributed by atoms with Gasteiger partial charge in [-0.05, 0) is 11.1 Å². The molecule has 0 aliphatic rings. The van der Waals surface area contributed by atoms with Crippen LogP contribution in [0.3, 0.4) is 0 Å².